The molecule has 0 radical (unpaired) electrons. The summed E-state index contributed by atoms with van der Waals surface area (Å²) in [4.78, 5) is 28.1. The van der Waals surface area contributed by atoms with Gasteiger partial charge >= 0.3 is 0 Å². The molecule has 1 saturated heterocycles. The van der Waals surface area contributed by atoms with Crippen molar-refractivity contribution in [2.45, 2.75) is 25.4 Å². The first-order chi connectivity index (χ1) is 16.2. The molecule has 164 valence electrons. The summed E-state index contributed by atoms with van der Waals surface area (Å²) in [5.74, 6) is 0.818. The van der Waals surface area contributed by atoms with Crippen molar-refractivity contribution >= 4 is 0 Å². The number of hydrogen-bond acceptors (Lipinski definition) is 5. The van der Waals surface area contributed by atoms with Crippen molar-refractivity contribution in [3.8, 4) is 22.4 Å². The molecule has 3 aromatic heterocycles. The summed E-state index contributed by atoms with van der Waals surface area (Å²) in [5, 5.41) is 0. The van der Waals surface area contributed by atoms with Crippen LogP contribution in [-0.2, 0) is 13.1 Å². The highest BCUT2D eigenvalue weighted by atomic mass is 16.1. The average molecular weight is 436 g/mol. The first-order valence-electron chi connectivity index (χ1n) is 11.5. The van der Waals surface area contributed by atoms with Crippen LogP contribution in [0.1, 0.15) is 23.6 Å². The van der Waals surface area contributed by atoms with Crippen molar-refractivity contribution in [2.75, 3.05) is 13.1 Å². The van der Waals surface area contributed by atoms with E-state index in [4.69, 9.17) is 0 Å². The minimum Gasteiger partial charge on any atom is -0.311 e. The van der Waals surface area contributed by atoms with Crippen molar-refractivity contribution in [3.05, 3.63) is 101 Å². The molecule has 0 aliphatic carbocycles. The van der Waals surface area contributed by atoms with Gasteiger partial charge in [-0.25, -0.2) is 9.97 Å². The van der Waals surface area contributed by atoms with E-state index in [0.29, 0.717) is 11.8 Å². The van der Waals surface area contributed by atoms with Crippen LogP contribution in [0, 0.1) is 5.92 Å². The van der Waals surface area contributed by atoms with Gasteiger partial charge in [0.05, 0.1) is 5.69 Å². The van der Waals surface area contributed by atoms with Crippen LogP contribution in [0.3, 0.4) is 0 Å². The van der Waals surface area contributed by atoms with E-state index in [2.05, 4.69) is 44.1 Å². The summed E-state index contributed by atoms with van der Waals surface area (Å²) in [5.41, 5.74) is 6.73. The fourth-order valence-corrected chi connectivity index (χ4v) is 5.50. The topological polar surface area (TPSA) is 63.9 Å². The molecule has 2 aliphatic rings. The van der Waals surface area contributed by atoms with Crippen LogP contribution < -0.4 is 5.56 Å². The van der Waals surface area contributed by atoms with Crippen molar-refractivity contribution in [1.82, 2.24) is 24.4 Å². The van der Waals surface area contributed by atoms with Crippen molar-refractivity contribution < 1.29 is 0 Å². The number of piperidine rings is 1. The second kappa shape index (κ2) is 8.37. The predicted octanol–water partition coefficient (Wildman–Crippen LogP) is 3.99. The van der Waals surface area contributed by atoms with Gasteiger partial charge in [0.25, 0.3) is 5.56 Å². The largest absolute Gasteiger partial charge is 0.311 e. The Bertz CT molecular complexity index is 1320. The van der Waals surface area contributed by atoms with Gasteiger partial charge in [0.1, 0.15) is 6.33 Å². The van der Waals surface area contributed by atoms with Gasteiger partial charge in [0, 0.05) is 79.1 Å². The van der Waals surface area contributed by atoms with Crippen LogP contribution >= 0.6 is 0 Å². The molecule has 6 nitrogen and oxygen atoms in total. The number of fused-ring (bicyclic) bond motifs is 4. The lowest BCUT2D eigenvalue weighted by atomic mass is 9.80. The number of nitrogens with zero attached hydrogens (tertiary/aromatic N) is 5. The van der Waals surface area contributed by atoms with E-state index in [1.165, 1.54) is 5.56 Å². The summed E-state index contributed by atoms with van der Waals surface area (Å²) in [6.45, 7) is 3.66. The van der Waals surface area contributed by atoms with Gasteiger partial charge in [-0.2, -0.15) is 0 Å². The van der Waals surface area contributed by atoms with Gasteiger partial charge in [0.15, 0.2) is 0 Å². The van der Waals surface area contributed by atoms with E-state index in [1.807, 2.05) is 47.4 Å². The maximum absolute atomic E-state index is 12.7. The molecule has 5 heterocycles. The van der Waals surface area contributed by atoms with Crippen LogP contribution in [0.2, 0.25) is 0 Å². The van der Waals surface area contributed by atoms with Crippen LogP contribution in [0.15, 0.2) is 84.3 Å². The molecule has 33 heavy (non-hydrogen) atoms. The van der Waals surface area contributed by atoms with Crippen LogP contribution in [0.25, 0.3) is 22.4 Å². The minimum atomic E-state index is 0.0962. The molecule has 2 atom stereocenters. The zero-order valence-electron chi connectivity index (χ0n) is 18.3. The van der Waals surface area contributed by atoms with Crippen molar-refractivity contribution in [1.29, 1.82) is 0 Å². The molecule has 0 spiro atoms. The highest BCUT2D eigenvalue weighted by Gasteiger charge is 2.36. The molecule has 1 aromatic carbocycles. The molecule has 2 bridgehead atoms. The summed E-state index contributed by atoms with van der Waals surface area (Å²) >= 11 is 0. The lowest BCUT2D eigenvalue weighted by molar-refractivity contribution is 0.115. The number of pyridine rings is 2. The number of aromatic nitrogens is 4. The minimum absolute atomic E-state index is 0.0962. The third-order valence-corrected chi connectivity index (χ3v) is 6.86. The van der Waals surface area contributed by atoms with Gasteiger partial charge in [-0.1, -0.05) is 30.3 Å². The average Bonchev–Trinajstić information content (AvgIpc) is 2.86. The van der Waals surface area contributed by atoms with Crippen molar-refractivity contribution in [2.24, 2.45) is 5.92 Å². The highest BCUT2D eigenvalue weighted by Crippen LogP contribution is 2.40. The van der Waals surface area contributed by atoms with E-state index in [0.717, 1.165) is 60.7 Å². The van der Waals surface area contributed by atoms with Gasteiger partial charge in [0.2, 0.25) is 0 Å². The Kier molecular flexibility index (Phi) is 5.07. The Balaban J connectivity index is 1.26. The van der Waals surface area contributed by atoms with Crippen LogP contribution in [0.4, 0.5) is 0 Å². The zero-order chi connectivity index (χ0) is 22.2. The van der Waals surface area contributed by atoms with Gasteiger partial charge < -0.3 is 4.57 Å². The van der Waals surface area contributed by atoms with E-state index >= 15 is 0 Å². The standard InChI is InChI=1S/C27H25N5O/c33-26-9-8-24(23-12-28-18-29-13-23)27-22-11-20(16-32(26)27)15-31(17-22)14-19-4-6-21(7-5-19)25-3-1-2-10-30-25/h1-10,12-13,18,20,22H,11,14-17H2/t20-,22-/m1/s1. The maximum atomic E-state index is 12.7. The van der Waals surface area contributed by atoms with Gasteiger partial charge in [-0.05, 0) is 36.1 Å². The first-order valence-corrected chi connectivity index (χ1v) is 11.5. The molecular weight excluding hydrogens is 410 g/mol. The van der Waals surface area contributed by atoms with Crippen molar-refractivity contribution in [3.63, 3.8) is 0 Å². The van der Waals surface area contributed by atoms with E-state index < -0.39 is 0 Å². The predicted molar refractivity (Wildman–Crippen MR) is 128 cm³/mol. The van der Waals surface area contributed by atoms with E-state index in [9.17, 15) is 4.79 Å². The number of benzene rings is 1. The second-order valence-corrected chi connectivity index (χ2v) is 9.11. The third-order valence-electron chi connectivity index (χ3n) is 6.86. The molecule has 0 N–H and O–H groups in total. The Hall–Kier alpha value is -3.64. The molecule has 0 saturated carbocycles. The quantitative estimate of drug-likeness (QED) is 0.485. The first kappa shape index (κ1) is 20.0. The lowest BCUT2D eigenvalue weighted by Crippen LogP contribution is -2.47. The Morgan fingerprint density at radius 2 is 1.73 bits per heavy atom. The molecule has 2 aliphatic heterocycles. The summed E-state index contributed by atoms with van der Waals surface area (Å²) in [6, 6.07) is 18.4. The summed E-state index contributed by atoms with van der Waals surface area (Å²) < 4.78 is 2.00. The fourth-order valence-electron chi connectivity index (χ4n) is 5.50. The zero-order valence-corrected chi connectivity index (χ0v) is 18.3. The van der Waals surface area contributed by atoms with E-state index in [-0.39, 0.29) is 5.56 Å². The Labute approximate surface area is 192 Å². The second-order valence-electron chi connectivity index (χ2n) is 9.11. The van der Waals surface area contributed by atoms with Crippen LogP contribution in [0.5, 0.6) is 0 Å². The maximum Gasteiger partial charge on any atom is 0.250 e. The Morgan fingerprint density at radius 3 is 2.52 bits per heavy atom. The highest BCUT2D eigenvalue weighted by molar-refractivity contribution is 5.65. The number of rotatable bonds is 4. The van der Waals surface area contributed by atoms with Gasteiger partial charge in [-0.3, -0.25) is 14.7 Å². The molecule has 4 aromatic rings. The molecule has 0 unspecified atom stereocenters. The van der Waals surface area contributed by atoms with Gasteiger partial charge in [-0.15, -0.1) is 0 Å². The SMILES string of the molecule is O=c1ccc(-c2cncnc2)c2n1C[C@@H]1C[C@@H]2CN(Cc2ccc(-c3ccccn3)cc2)C1. The van der Waals surface area contributed by atoms with E-state index in [1.54, 1.807) is 12.4 Å². The fraction of sp³-hybridized carbons (Fsp3) is 0.259. The smallest absolute Gasteiger partial charge is 0.250 e. The molecule has 0 amide bonds. The van der Waals surface area contributed by atoms with Crippen LogP contribution in [-0.4, -0.2) is 37.5 Å². The molecule has 6 heteroatoms. The lowest BCUT2D eigenvalue weighted by Gasteiger charge is -2.43. The molecular formula is C27H25N5O. The number of likely N-dealkylation sites (tertiary alicyclic amines) is 1. The molecule has 1 fully saturated rings. The monoisotopic (exact) mass is 435 g/mol. The summed E-state index contributed by atoms with van der Waals surface area (Å²) in [6.07, 6.45) is 8.17. The third kappa shape index (κ3) is 3.87. The summed E-state index contributed by atoms with van der Waals surface area (Å²) in [7, 11) is 0. The number of hydrogen-bond donors (Lipinski definition) is 0. The normalized spacial score (nSPS) is 19.8. The Morgan fingerprint density at radius 1 is 0.879 bits per heavy atom. The molecule has 6 rings (SSSR count).